The lowest BCUT2D eigenvalue weighted by molar-refractivity contribution is 0.682. The van der Waals surface area contributed by atoms with Crippen molar-refractivity contribution in [1.29, 1.82) is 0 Å². The smallest absolute Gasteiger partial charge is 0.0635 e. The minimum atomic E-state index is -1.04. The molecule has 0 heterocycles. The van der Waals surface area contributed by atoms with E-state index in [4.69, 9.17) is 17.3 Å². The standard InChI is InChI=1S/C16H16ClNOS/c17-15-7-4-11(8-16(15)18)10-20(19)14-6-5-12-2-1-3-13(12)9-14/h4-9H,1-3,10,18H2. The molecular formula is C16H16ClNOS. The number of hydrogen-bond donors (Lipinski definition) is 1. The zero-order valence-corrected chi connectivity index (χ0v) is 12.6. The van der Waals surface area contributed by atoms with E-state index in [2.05, 4.69) is 12.1 Å². The van der Waals surface area contributed by atoms with E-state index in [1.165, 1.54) is 17.5 Å². The quantitative estimate of drug-likeness (QED) is 0.878. The molecule has 104 valence electrons. The van der Waals surface area contributed by atoms with E-state index in [9.17, 15) is 4.21 Å². The molecule has 1 atom stereocenters. The van der Waals surface area contributed by atoms with Crippen molar-refractivity contribution in [2.24, 2.45) is 0 Å². The Kier molecular flexibility index (Phi) is 3.81. The summed E-state index contributed by atoms with van der Waals surface area (Å²) in [6, 6.07) is 11.6. The lowest BCUT2D eigenvalue weighted by atomic mass is 10.1. The third-order valence-corrected chi connectivity index (χ3v) is 5.41. The highest BCUT2D eigenvalue weighted by Crippen LogP contribution is 2.26. The molecule has 1 aliphatic carbocycles. The molecule has 0 amide bonds. The van der Waals surface area contributed by atoms with Crippen molar-refractivity contribution in [2.45, 2.75) is 29.9 Å². The largest absolute Gasteiger partial charge is 0.398 e. The maximum atomic E-state index is 12.4. The highest BCUT2D eigenvalue weighted by Gasteiger charge is 2.13. The summed E-state index contributed by atoms with van der Waals surface area (Å²) in [4.78, 5) is 0.902. The van der Waals surface area contributed by atoms with Gasteiger partial charge in [-0.2, -0.15) is 0 Å². The lowest BCUT2D eigenvalue weighted by Gasteiger charge is -2.07. The summed E-state index contributed by atoms with van der Waals surface area (Å²) < 4.78 is 12.4. The first-order valence-corrected chi connectivity index (χ1v) is 8.37. The van der Waals surface area contributed by atoms with Crippen LogP contribution < -0.4 is 5.73 Å². The van der Waals surface area contributed by atoms with Crippen molar-refractivity contribution in [1.82, 2.24) is 0 Å². The average Bonchev–Trinajstić information content (AvgIpc) is 2.90. The van der Waals surface area contributed by atoms with Gasteiger partial charge in [0.15, 0.2) is 0 Å². The molecule has 3 rings (SSSR count). The second-order valence-corrected chi connectivity index (χ2v) is 6.99. The van der Waals surface area contributed by atoms with Gasteiger partial charge >= 0.3 is 0 Å². The van der Waals surface area contributed by atoms with E-state index >= 15 is 0 Å². The van der Waals surface area contributed by atoms with E-state index < -0.39 is 10.8 Å². The molecule has 2 nitrogen and oxygen atoms in total. The Bertz CT molecular complexity index is 684. The minimum Gasteiger partial charge on any atom is -0.398 e. The zero-order chi connectivity index (χ0) is 14.1. The Morgan fingerprint density at radius 1 is 1.10 bits per heavy atom. The van der Waals surface area contributed by atoms with Gasteiger partial charge in [0, 0.05) is 4.90 Å². The summed E-state index contributed by atoms with van der Waals surface area (Å²) in [5.41, 5.74) is 10.0. The summed E-state index contributed by atoms with van der Waals surface area (Å²) in [5.74, 6) is 0.472. The molecule has 0 aliphatic heterocycles. The molecule has 0 saturated heterocycles. The minimum absolute atomic E-state index is 0.472. The predicted molar refractivity (Wildman–Crippen MR) is 84.4 cm³/mol. The van der Waals surface area contributed by atoms with Crippen molar-refractivity contribution in [3.05, 3.63) is 58.1 Å². The molecule has 20 heavy (non-hydrogen) atoms. The van der Waals surface area contributed by atoms with Gasteiger partial charge < -0.3 is 5.73 Å². The monoisotopic (exact) mass is 305 g/mol. The van der Waals surface area contributed by atoms with Crippen molar-refractivity contribution >= 4 is 28.1 Å². The Morgan fingerprint density at radius 3 is 2.70 bits per heavy atom. The molecule has 0 radical (unpaired) electrons. The van der Waals surface area contributed by atoms with E-state index in [0.717, 1.165) is 23.3 Å². The highest BCUT2D eigenvalue weighted by atomic mass is 35.5. The van der Waals surface area contributed by atoms with Gasteiger partial charge in [-0.25, -0.2) is 0 Å². The number of aryl methyl sites for hydroxylation is 2. The molecule has 1 aliphatic rings. The zero-order valence-electron chi connectivity index (χ0n) is 11.1. The lowest BCUT2D eigenvalue weighted by Crippen LogP contribution is -1.99. The number of benzene rings is 2. The fourth-order valence-corrected chi connectivity index (χ4v) is 3.87. The van der Waals surface area contributed by atoms with Crippen molar-refractivity contribution in [3.63, 3.8) is 0 Å². The van der Waals surface area contributed by atoms with Crippen LogP contribution in [0.25, 0.3) is 0 Å². The molecule has 2 aromatic carbocycles. The molecule has 0 aromatic heterocycles. The summed E-state index contributed by atoms with van der Waals surface area (Å²) in [6.07, 6.45) is 3.46. The Labute approximate surface area is 126 Å². The first kappa shape index (κ1) is 13.7. The van der Waals surface area contributed by atoms with Crippen LogP contribution in [0.5, 0.6) is 0 Å². The normalized spacial score (nSPS) is 15.1. The molecule has 0 fully saturated rings. The maximum Gasteiger partial charge on any atom is 0.0635 e. The fraction of sp³-hybridized carbons (Fsp3) is 0.250. The van der Waals surface area contributed by atoms with Crippen molar-refractivity contribution in [3.8, 4) is 0 Å². The Morgan fingerprint density at radius 2 is 1.90 bits per heavy atom. The second kappa shape index (κ2) is 5.58. The molecule has 2 aromatic rings. The van der Waals surface area contributed by atoms with Crippen LogP contribution in [-0.4, -0.2) is 4.21 Å². The number of fused-ring (bicyclic) bond motifs is 1. The molecule has 4 heteroatoms. The van der Waals surface area contributed by atoms with Gasteiger partial charge in [0.25, 0.3) is 0 Å². The highest BCUT2D eigenvalue weighted by molar-refractivity contribution is 7.84. The third-order valence-electron chi connectivity index (χ3n) is 3.69. The number of nitrogen functional groups attached to an aromatic ring is 1. The average molecular weight is 306 g/mol. The van der Waals surface area contributed by atoms with Crippen LogP contribution in [0.15, 0.2) is 41.3 Å². The second-order valence-electron chi connectivity index (χ2n) is 5.13. The SMILES string of the molecule is Nc1cc(CS(=O)c2ccc3c(c2)CCC3)ccc1Cl. The van der Waals surface area contributed by atoms with Crippen molar-refractivity contribution in [2.75, 3.05) is 5.73 Å². The summed E-state index contributed by atoms with van der Waals surface area (Å²) >= 11 is 5.90. The molecule has 0 spiro atoms. The fourth-order valence-electron chi connectivity index (χ4n) is 2.61. The molecule has 0 saturated carbocycles. The van der Waals surface area contributed by atoms with Crippen LogP contribution in [0.3, 0.4) is 0 Å². The van der Waals surface area contributed by atoms with Crippen LogP contribution in [0.4, 0.5) is 5.69 Å². The Hall–Kier alpha value is -1.32. The summed E-state index contributed by atoms with van der Waals surface area (Å²) in [6.45, 7) is 0. The van der Waals surface area contributed by atoms with E-state index in [-0.39, 0.29) is 0 Å². The van der Waals surface area contributed by atoms with E-state index in [0.29, 0.717) is 16.5 Å². The Balaban J connectivity index is 1.80. The summed E-state index contributed by atoms with van der Waals surface area (Å²) in [7, 11) is -1.04. The van der Waals surface area contributed by atoms with E-state index in [1.54, 1.807) is 12.1 Å². The van der Waals surface area contributed by atoms with Crippen LogP contribution in [0, 0.1) is 0 Å². The van der Waals surface area contributed by atoms with Gasteiger partial charge in [-0.1, -0.05) is 23.7 Å². The molecule has 0 bridgehead atoms. The summed E-state index contributed by atoms with van der Waals surface area (Å²) in [5, 5.41) is 0.539. The number of anilines is 1. The van der Waals surface area contributed by atoms with Gasteiger partial charge in [-0.15, -0.1) is 0 Å². The number of nitrogens with two attached hydrogens (primary N) is 1. The topological polar surface area (TPSA) is 43.1 Å². The maximum absolute atomic E-state index is 12.4. The van der Waals surface area contributed by atoms with Gasteiger partial charge in [0.05, 0.1) is 27.3 Å². The van der Waals surface area contributed by atoms with Gasteiger partial charge in [-0.05, 0) is 60.2 Å². The number of rotatable bonds is 3. The third kappa shape index (κ3) is 2.74. The first-order chi connectivity index (χ1) is 9.63. The van der Waals surface area contributed by atoms with Crippen molar-refractivity contribution < 1.29 is 4.21 Å². The van der Waals surface area contributed by atoms with Crippen LogP contribution in [0.1, 0.15) is 23.1 Å². The molecule has 1 unspecified atom stereocenters. The van der Waals surface area contributed by atoms with Crippen LogP contribution in [0.2, 0.25) is 5.02 Å². The van der Waals surface area contributed by atoms with Crippen LogP contribution in [-0.2, 0) is 29.4 Å². The van der Waals surface area contributed by atoms with E-state index in [1.807, 2.05) is 12.1 Å². The van der Waals surface area contributed by atoms with Gasteiger partial charge in [0.2, 0.25) is 0 Å². The van der Waals surface area contributed by atoms with Crippen LogP contribution >= 0.6 is 11.6 Å². The number of hydrogen-bond acceptors (Lipinski definition) is 2. The predicted octanol–water partition coefficient (Wildman–Crippen LogP) is 3.72. The first-order valence-electron chi connectivity index (χ1n) is 6.67. The van der Waals surface area contributed by atoms with Gasteiger partial charge in [-0.3, -0.25) is 4.21 Å². The molecular weight excluding hydrogens is 290 g/mol. The number of halogens is 1. The molecule has 2 N–H and O–H groups in total. The van der Waals surface area contributed by atoms with Gasteiger partial charge in [0.1, 0.15) is 0 Å².